The van der Waals surface area contributed by atoms with Crippen LogP contribution < -0.4 is 15.5 Å². The maximum absolute atomic E-state index is 11.8. The minimum atomic E-state index is -0.830. The molecule has 0 atom stereocenters. The molecular weight excluding hydrogens is 330 g/mol. The summed E-state index contributed by atoms with van der Waals surface area (Å²) in [6.07, 6.45) is 3.32. The maximum Gasteiger partial charge on any atom is 0.329 e. The first-order valence-corrected chi connectivity index (χ1v) is 8.58. The van der Waals surface area contributed by atoms with E-state index in [-0.39, 0.29) is 0 Å². The molecule has 0 spiro atoms. The second-order valence-electron chi connectivity index (χ2n) is 5.62. The highest BCUT2D eigenvalue weighted by molar-refractivity contribution is 6.39. The summed E-state index contributed by atoms with van der Waals surface area (Å²) in [6.45, 7) is 4.75. The SMILES string of the molecule is CCCOc1ccc(/C=N\NC(=O)C(=O)Nc2ccc(CC)cc2)cc1. The van der Waals surface area contributed by atoms with Crippen LogP contribution in [0.4, 0.5) is 5.69 Å². The van der Waals surface area contributed by atoms with E-state index in [0.717, 1.165) is 29.7 Å². The predicted octanol–water partition coefficient (Wildman–Crippen LogP) is 3.13. The van der Waals surface area contributed by atoms with Crippen LogP contribution in [-0.4, -0.2) is 24.6 Å². The van der Waals surface area contributed by atoms with E-state index >= 15 is 0 Å². The molecule has 0 aromatic heterocycles. The van der Waals surface area contributed by atoms with E-state index in [1.165, 1.54) is 6.21 Å². The first kappa shape index (κ1) is 19.2. The van der Waals surface area contributed by atoms with E-state index in [1.54, 1.807) is 12.1 Å². The molecule has 0 aliphatic carbocycles. The number of benzene rings is 2. The molecule has 26 heavy (non-hydrogen) atoms. The Morgan fingerprint density at radius 2 is 1.69 bits per heavy atom. The van der Waals surface area contributed by atoms with E-state index in [0.29, 0.717) is 12.3 Å². The van der Waals surface area contributed by atoms with Gasteiger partial charge in [-0.15, -0.1) is 0 Å². The number of carbonyl (C=O) groups is 2. The van der Waals surface area contributed by atoms with Gasteiger partial charge in [0.2, 0.25) is 0 Å². The molecule has 2 N–H and O–H groups in total. The number of carbonyl (C=O) groups excluding carboxylic acids is 2. The summed E-state index contributed by atoms with van der Waals surface area (Å²) in [4.78, 5) is 23.6. The number of aryl methyl sites for hydroxylation is 1. The molecule has 0 aliphatic rings. The summed E-state index contributed by atoms with van der Waals surface area (Å²) in [5.74, 6) is -0.820. The first-order valence-electron chi connectivity index (χ1n) is 8.58. The topological polar surface area (TPSA) is 79.8 Å². The number of hydrogen-bond acceptors (Lipinski definition) is 4. The zero-order valence-corrected chi connectivity index (χ0v) is 15.0. The van der Waals surface area contributed by atoms with Crippen LogP contribution in [0.2, 0.25) is 0 Å². The van der Waals surface area contributed by atoms with Crippen molar-refractivity contribution in [2.75, 3.05) is 11.9 Å². The molecule has 6 heteroatoms. The third-order valence-electron chi connectivity index (χ3n) is 3.56. The third-order valence-corrected chi connectivity index (χ3v) is 3.56. The fourth-order valence-electron chi connectivity index (χ4n) is 2.10. The van der Waals surface area contributed by atoms with Gasteiger partial charge in [0.05, 0.1) is 12.8 Å². The third kappa shape index (κ3) is 6.05. The van der Waals surface area contributed by atoms with Gasteiger partial charge < -0.3 is 10.1 Å². The Kier molecular flexibility index (Phi) is 7.36. The van der Waals surface area contributed by atoms with Crippen molar-refractivity contribution in [2.24, 2.45) is 5.10 Å². The van der Waals surface area contributed by atoms with Gasteiger partial charge in [-0.3, -0.25) is 9.59 Å². The smallest absolute Gasteiger partial charge is 0.329 e. The second-order valence-corrected chi connectivity index (χ2v) is 5.62. The Morgan fingerprint density at radius 1 is 1.00 bits per heavy atom. The van der Waals surface area contributed by atoms with Gasteiger partial charge in [0, 0.05) is 5.69 Å². The minimum Gasteiger partial charge on any atom is -0.494 e. The molecule has 0 unspecified atom stereocenters. The van der Waals surface area contributed by atoms with Crippen LogP contribution >= 0.6 is 0 Å². The van der Waals surface area contributed by atoms with Crippen LogP contribution in [0.1, 0.15) is 31.4 Å². The molecule has 0 saturated heterocycles. The summed E-state index contributed by atoms with van der Waals surface area (Å²) in [5.41, 5.74) is 4.71. The molecule has 0 saturated carbocycles. The molecular formula is C20H23N3O3. The molecule has 136 valence electrons. The molecule has 0 aliphatic heterocycles. The van der Waals surface area contributed by atoms with Crippen LogP contribution in [0.25, 0.3) is 0 Å². The lowest BCUT2D eigenvalue weighted by Gasteiger charge is -2.05. The van der Waals surface area contributed by atoms with E-state index in [1.807, 2.05) is 50.2 Å². The Balaban J connectivity index is 1.82. The van der Waals surface area contributed by atoms with E-state index in [4.69, 9.17) is 4.74 Å². The fraction of sp³-hybridized carbons (Fsp3) is 0.250. The summed E-state index contributed by atoms with van der Waals surface area (Å²) in [7, 11) is 0. The molecule has 2 amide bonds. The lowest BCUT2D eigenvalue weighted by Crippen LogP contribution is -2.32. The van der Waals surface area contributed by atoms with Gasteiger partial charge >= 0.3 is 11.8 Å². The Morgan fingerprint density at radius 3 is 2.31 bits per heavy atom. The van der Waals surface area contributed by atoms with Crippen LogP contribution in [0.15, 0.2) is 53.6 Å². The standard InChI is InChI=1S/C20H23N3O3/c1-3-13-26-18-11-7-16(8-12-18)14-21-23-20(25)19(24)22-17-9-5-15(4-2)6-10-17/h5-12,14H,3-4,13H2,1-2H3,(H,22,24)(H,23,25)/b21-14-. The molecule has 0 heterocycles. The monoisotopic (exact) mass is 353 g/mol. The number of hydrogen-bond donors (Lipinski definition) is 2. The normalized spacial score (nSPS) is 10.5. The Labute approximate surface area is 153 Å². The lowest BCUT2D eigenvalue weighted by molar-refractivity contribution is -0.136. The molecule has 2 rings (SSSR count). The number of rotatable bonds is 7. The number of ether oxygens (including phenoxy) is 1. The zero-order valence-electron chi connectivity index (χ0n) is 15.0. The average molecular weight is 353 g/mol. The highest BCUT2D eigenvalue weighted by Gasteiger charge is 2.12. The number of nitrogens with zero attached hydrogens (tertiary/aromatic N) is 1. The van der Waals surface area contributed by atoms with Gasteiger partial charge in [-0.2, -0.15) is 5.10 Å². The molecule has 0 bridgehead atoms. The van der Waals surface area contributed by atoms with E-state index in [2.05, 4.69) is 15.8 Å². The zero-order chi connectivity index (χ0) is 18.8. The van der Waals surface area contributed by atoms with Crippen LogP contribution in [-0.2, 0) is 16.0 Å². The summed E-state index contributed by atoms with van der Waals surface area (Å²) in [6, 6.07) is 14.6. The lowest BCUT2D eigenvalue weighted by atomic mass is 10.1. The van der Waals surface area contributed by atoms with Crippen molar-refractivity contribution < 1.29 is 14.3 Å². The van der Waals surface area contributed by atoms with Gasteiger partial charge in [-0.25, -0.2) is 5.43 Å². The van der Waals surface area contributed by atoms with E-state index in [9.17, 15) is 9.59 Å². The number of amides is 2. The first-order chi connectivity index (χ1) is 12.6. The van der Waals surface area contributed by atoms with Crippen molar-refractivity contribution in [3.05, 3.63) is 59.7 Å². The molecule has 2 aromatic rings. The van der Waals surface area contributed by atoms with Crippen molar-refractivity contribution in [3.63, 3.8) is 0 Å². The molecule has 6 nitrogen and oxygen atoms in total. The predicted molar refractivity (Wildman–Crippen MR) is 102 cm³/mol. The number of hydrazone groups is 1. The van der Waals surface area contributed by atoms with Crippen LogP contribution in [0.3, 0.4) is 0 Å². The van der Waals surface area contributed by atoms with Crippen molar-refractivity contribution >= 4 is 23.7 Å². The maximum atomic E-state index is 11.8. The van der Waals surface area contributed by atoms with Crippen molar-refractivity contribution in [1.82, 2.24) is 5.43 Å². The van der Waals surface area contributed by atoms with Gasteiger partial charge in [-0.1, -0.05) is 26.0 Å². The Bertz CT molecular complexity index is 753. The molecule has 2 aromatic carbocycles. The molecule has 0 fully saturated rings. The van der Waals surface area contributed by atoms with Crippen LogP contribution in [0, 0.1) is 0 Å². The van der Waals surface area contributed by atoms with Gasteiger partial charge in [-0.05, 0) is 60.4 Å². The Hall–Kier alpha value is -3.15. The average Bonchev–Trinajstić information content (AvgIpc) is 2.67. The number of nitrogens with one attached hydrogen (secondary N) is 2. The summed E-state index contributed by atoms with van der Waals surface area (Å²) < 4.78 is 5.49. The van der Waals surface area contributed by atoms with Gasteiger partial charge in [0.1, 0.15) is 5.75 Å². The summed E-state index contributed by atoms with van der Waals surface area (Å²) in [5, 5.41) is 6.32. The summed E-state index contributed by atoms with van der Waals surface area (Å²) >= 11 is 0. The quantitative estimate of drug-likeness (QED) is 0.456. The van der Waals surface area contributed by atoms with Crippen molar-refractivity contribution in [1.29, 1.82) is 0 Å². The highest BCUT2D eigenvalue weighted by Crippen LogP contribution is 2.11. The van der Waals surface area contributed by atoms with E-state index < -0.39 is 11.8 Å². The second kappa shape index (κ2) is 9.98. The number of anilines is 1. The van der Waals surface area contributed by atoms with Crippen molar-refractivity contribution in [3.8, 4) is 5.75 Å². The molecule has 0 radical (unpaired) electrons. The highest BCUT2D eigenvalue weighted by atomic mass is 16.5. The van der Waals surface area contributed by atoms with Crippen molar-refractivity contribution in [2.45, 2.75) is 26.7 Å². The fourth-order valence-corrected chi connectivity index (χ4v) is 2.10. The van der Waals surface area contributed by atoms with Gasteiger partial charge in [0.15, 0.2) is 0 Å². The largest absolute Gasteiger partial charge is 0.494 e. The van der Waals surface area contributed by atoms with Crippen LogP contribution in [0.5, 0.6) is 5.75 Å². The minimum absolute atomic E-state index is 0.564. The van der Waals surface area contributed by atoms with Gasteiger partial charge in [0.25, 0.3) is 0 Å².